The molecule has 20 heavy (non-hydrogen) atoms. The standard InChI is InChI=1S/C14H13Cl2N3O/c15-11-3-1-2-10(8-11)14(20)6-7-19(9-14)13-5-4-12(16)17-18-13/h1-5,8,20H,6-7,9H2. The Labute approximate surface area is 127 Å². The summed E-state index contributed by atoms with van der Waals surface area (Å²) in [6, 6.07) is 10.8. The minimum absolute atomic E-state index is 0.359. The number of halogens is 2. The highest BCUT2D eigenvalue weighted by Gasteiger charge is 2.38. The molecular weight excluding hydrogens is 297 g/mol. The first-order valence-electron chi connectivity index (χ1n) is 6.29. The van der Waals surface area contributed by atoms with Crippen LogP contribution >= 0.6 is 23.2 Å². The number of hydrogen-bond acceptors (Lipinski definition) is 4. The van der Waals surface area contributed by atoms with Crippen molar-refractivity contribution < 1.29 is 5.11 Å². The number of benzene rings is 1. The van der Waals surface area contributed by atoms with Crippen LogP contribution < -0.4 is 4.90 Å². The second-order valence-corrected chi connectivity index (χ2v) is 5.75. The van der Waals surface area contributed by atoms with Crippen LogP contribution in [0, 0.1) is 0 Å². The fraction of sp³-hybridized carbons (Fsp3) is 0.286. The van der Waals surface area contributed by atoms with Gasteiger partial charge in [0, 0.05) is 11.6 Å². The van der Waals surface area contributed by atoms with E-state index in [0.717, 1.165) is 5.56 Å². The van der Waals surface area contributed by atoms with E-state index in [9.17, 15) is 5.11 Å². The number of nitrogens with zero attached hydrogens (tertiary/aromatic N) is 3. The van der Waals surface area contributed by atoms with E-state index < -0.39 is 5.60 Å². The van der Waals surface area contributed by atoms with Crippen LogP contribution in [-0.2, 0) is 5.60 Å². The van der Waals surface area contributed by atoms with E-state index in [2.05, 4.69) is 10.2 Å². The summed E-state index contributed by atoms with van der Waals surface area (Å²) in [5.41, 5.74) is -0.0823. The molecule has 0 aliphatic carbocycles. The van der Waals surface area contributed by atoms with Crippen molar-refractivity contribution in [1.82, 2.24) is 10.2 Å². The third kappa shape index (κ3) is 2.59. The van der Waals surface area contributed by atoms with Gasteiger partial charge in [-0.2, -0.15) is 0 Å². The molecule has 2 aromatic rings. The van der Waals surface area contributed by atoms with Gasteiger partial charge in [0.15, 0.2) is 11.0 Å². The summed E-state index contributed by atoms with van der Waals surface area (Å²) in [6.45, 7) is 1.17. The molecule has 0 bridgehead atoms. The Bertz CT molecular complexity index is 620. The van der Waals surface area contributed by atoms with Crippen molar-refractivity contribution in [3.63, 3.8) is 0 Å². The topological polar surface area (TPSA) is 49.2 Å². The molecule has 0 spiro atoms. The predicted octanol–water partition coefficient (Wildman–Crippen LogP) is 2.88. The van der Waals surface area contributed by atoms with Crippen molar-refractivity contribution in [2.24, 2.45) is 0 Å². The van der Waals surface area contributed by atoms with Gasteiger partial charge in [-0.05, 0) is 36.2 Å². The Morgan fingerprint density at radius 3 is 2.70 bits per heavy atom. The van der Waals surface area contributed by atoms with E-state index in [0.29, 0.717) is 35.5 Å². The Morgan fingerprint density at radius 1 is 1.15 bits per heavy atom. The van der Waals surface area contributed by atoms with Crippen LogP contribution in [0.2, 0.25) is 10.2 Å². The van der Waals surface area contributed by atoms with Crippen LogP contribution in [0.25, 0.3) is 0 Å². The Balaban J connectivity index is 1.83. The molecule has 4 nitrogen and oxygen atoms in total. The summed E-state index contributed by atoms with van der Waals surface area (Å²) >= 11 is 11.7. The number of aliphatic hydroxyl groups is 1. The quantitative estimate of drug-likeness (QED) is 0.926. The third-order valence-corrected chi connectivity index (χ3v) is 3.99. The maximum absolute atomic E-state index is 10.8. The van der Waals surface area contributed by atoms with Crippen molar-refractivity contribution in [3.8, 4) is 0 Å². The van der Waals surface area contributed by atoms with Crippen LogP contribution in [0.3, 0.4) is 0 Å². The van der Waals surface area contributed by atoms with Crippen LogP contribution in [-0.4, -0.2) is 28.4 Å². The van der Waals surface area contributed by atoms with Gasteiger partial charge in [-0.15, -0.1) is 10.2 Å². The molecule has 0 amide bonds. The van der Waals surface area contributed by atoms with Crippen molar-refractivity contribution in [2.75, 3.05) is 18.0 Å². The highest BCUT2D eigenvalue weighted by Crippen LogP contribution is 2.34. The number of hydrogen-bond donors (Lipinski definition) is 1. The lowest BCUT2D eigenvalue weighted by Gasteiger charge is -2.24. The molecule has 1 aliphatic heterocycles. The molecule has 1 unspecified atom stereocenters. The van der Waals surface area contributed by atoms with E-state index in [4.69, 9.17) is 23.2 Å². The molecule has 3 rings (SSSR count). The number of anilines is 1. The second kappa shape index (κ2) is 5.20. The molecule has 1 fully saturated rings. The number of β-amino-alcohol motifs (C(OH)–C–C–N with tert-alkyl or cyclic N) is 1. The lowest BCUT2D eigenvalue weighted by molar-refractivity contribution is 0.0606. The Morgan fingerprint density at radius 2 is 2.00 bits per heavy atom. The highest BCUT2D eigenvalue weighted by atomic mass is 35.5. The largest absolute Gasteiger partial charge is 0.383 e. The van der Waals surface area contributed by atoms with Crippen LogP contribution in [0.5, 0.6) is 0 Å². The van der Waals surface area contributed by atoms with Gasteiger partial charge in [0.05, 0.1) is 6.54 Å². The zero-order valence-corrected chi connectivity index (χ0v) is 12.1. The molecule has 0 saturated carbocycles. The molecular formula is C14H13Cl2N3O. The van der Waals surface area contributed by atoms with Gasteiger partial charge >= 0.3 is 0 Å². The first kappa shape index (κ1) is 13.6. The molecule has 2 heterocycles. The zero-order valence-electron chi connectivity index (χ0n) is 10.6. The average Bonchev–Trinajstić information content (AvgIpc) is 2.84. The molecule has 1 N–H and O–H groups in total. The monoisotopic (exact) mass is 309 g/mol. The second-order valence-electron chi connectivity index (χ2n) is 4.93. The summed E-state index contributed by atoms with van der Waals surface area (Å²) in [5.74, 6) is 0.715. The minimum Gasteiger partial charge on any atom is -0.383 e. The molecule has 0 radical (unpaired) electrons. The van der Waals surface area contributed by atoms with Crippen LogP contribution in [0.15, 0.2) is 36.4 Å². The fourth-order valence-electron chi connectivity index (χ4n) is 2.48. The first-order valence-corrected chi connectivity index (χ1v) is 7.05. The summed E-state index contributed by atoms with van der Waals surface area (Å²) in [6.07, 6.45) is 0.623. The van der Waals surface area contributed by atoms with Gasteiger partial charge in [0.1, 0.15) is 5.60 Å². The number of rotatable bonds is 2. The summed E-state index contributed by atoms with van der Waals surface area (Å²) in [7, 11) is 0. The van der Waals surface area contributed by atoms with Crippen molar-refractivity contribution in [1.29, 1.82) is 0 Å². The molecule has 1 aromatic carbocycles. The van der Waals surface area contributed by atoms with E-state index >= 15 is 0 Å². The lowest BCUT2D eigenvalue weighted by Crippen LogP contribution is -2.31. The van der Waals surface area contributed by atoms with E-state index in [1.807, 2.05) is 17.0 Å². The molecule has 1 aromatic heterocycles. The third-order valence-electron chi connectivity index (χ3n) is 3.55. The predicted molar refractivity (Wildman–Crippen MR) is 79.2 cm³/mol. The smallest absolute Gasteiger partial charge is 0.151 e. The Hall–Kier alpha value is -1.36. The summed E-state index contributed by atoms with van der Waals surface area (Å²) in [5, 5.41) is 19.7. The zero-order chi connectivity index (χ0) is 14.2. The fourth-order valence-corrected chi connectivity index (χ4v) is 2.77. The van der Waals surface area contributed by atoms with Gasteiger partial charge < -0.3 is 10.0 Å². The van der Waals surface area contributed by atoms with Gasteiger partial charge in [0.25, 0.3) is 0 Å². The van der Waals surface area contributed by atoms with E-state index in [1.54, 1.807) is 24.3 Å². The van der Waals surface area contributed by atoms with Gasteiger partial charge in [-0.3, -0.25) is 0 Å². The van der Waals surface area contributed by atoms with Gasteiger partial charge in [-0.1, -0.05) is 35.3 Å². The van der Waals surface area contributed by atoms with Crippen LogP contribution in [0.4, 0.5) is 5.82 Å². The van der Waals surface area contributed by atoms with Gasteiger partial charge in [0.2, 0.25) is 0 Å². The van der Waals surface area contributed by atoms with Crippen molar-refractivity contribution >= 4 is 29.0 Å². The van der Waals surface area contributed by atoms with E-state index in [1.165, 1.54) is 0 Å². The lowest BCUT2D eigenvalue weighted by atomic mass is 9.93. The minimum atomic E-state index is -0.910. The molecule has 1 saturated heterocycles. The SMILES string of the molecule is OC1(c2cccc(Cl)c2)CCN(c2ccc(Cl)nn2)C1. The molecule has 6 heteroatoms. The molecule has 104 valence electrons. The molecule has 1 aliphatic rings. The first-order chi connectivity index (χ1) is 9.57. The van der Waals surface area contributed by atoms with E-state index in [-0.39, 0.29) is 0 Å². The number of aromatic nitrogens is 2. The maximum Gasteiger partial charge on any atom is 0.151 e. The van der Waals surface area contributed by atoms with Gasteiger partial charge in [-0.25, -0.2) is 0 Å². The highest BCUT2D eigenvalue weighted by molar-refractivity contribution is 6.30. The maximum atomic E-state index is 10.8. The summed E-state index contributed by atoms with van der Waals surface area (Å²) < 4.78 is 0. The summed E-state index contributed by atoms with van der Waals surface area (Å²) in [4.78, 5) is 1.99. The van der Waals surface area contributed by atoms with Crippen molar-refractivity contribution in [2.45, 2.75) is 12.0 Å². The average molecular weight is 310 g/mol. The molecule has 1 atom stereocenters. The Kier molecular flexibility index (Phi) is 3.54. The van der Waals surface area contributed by atoms with Crippen molar-refractivity contribution in [3.05, 3.63) is 52.1 Å². The van der Waals surface area contributed by atoms with Crippen LogP contribution in [0.1, 0.15) is 12.0 Å². The normalized spacial score (nSPS) is 22.2.